The monoisotopic (exact) mass is 347 g/mol. The molecule has 2 aromatic carbocycles. The van der Waals surface area contributed by atoms with Crippen molar-refractivity contribution in [2.45, 2.75) is 13.5 Å². The number of hydrogen-bond acceptors (Lipinski definition) is 4. The minimum absolute atomic E-state index is 0.630. The summed E-state index contributed by atoms with van der Waals surface area (Å²) in [6.07, 6.45) is 1.83. The first-order valence-corrected chi connectivity index (χ1v) is 9.37. The maximum atomic E-state index is 5.80. The molecule has 0 N–H and O–H groups in total. The van der Waals surface area contributed by atoms with Crippen molar-refractivity contribution in [3.8, 4) is 5.88 Å². The number of anilines is 1. The smallest absolute Gasteiger partial charge is 0.223 e. The van der Waals surface area contributed by atoms with Gasteiger partial charge in [-0.1, -0.05) is 42.5 Å². The molecule has 4 heteroatoms. The second-order valence-electron chi connectivity index (χ2n) is 6.67. The van der Waals surface area contributed by atoms with Crippen molar-refractivity contribution in [2.24, 2.45) is 0 Å². The van der Waals surface area contributed by atoms with Crippen LogP contribution in [0, 0.1) is 0 Å². The number of nitrogens with zero attached hydrogens (tertiary/aromatic N) is 3. The van der Waals surface area contributed by atoms with Crippen molar-refractivity contribution < 1.29 is 4.74 Å². The van der Waals surface area contributed by atoms with E-state index in [1.165, 1.54) is 16.6 Å². The molecule has 1 aliphatic rings. The summed E-state index contributed by atoms with van der Waals surface area (Å²) in [6, 6.07) is 19.2. The minimum Gasteiger partial charge on any atom is -0.477 e. The number of benzene rings is 2. The van der Waals surface area contributed by atoms with Gasteiger partial charge in [-0.15, -0.1) is 0 Å². The fourth-order valence-corrected chi connectivity index (χ4v) is 3.68. The number of ether oxygens (including phenoxy) is 1. The van der Waals surface area contributed by atoms with Gasteiger partial charge in [0.15, 0.2) is 0 Å². The molecule has 0 amide bonds. The van der Waals surface area contributed by atoms with Crippen LogP contribution in [0.4, 0.5) is 5.69 Å². The zero-order valence-corrected chi connectivity index (χ0v) is 15.3. The van der Waals surface area contributed by atoms with Crippen LogP contribution in [0.3, 0.4) is 0 Å². The molecule has 0 radical (unpaired) electrons. The lowest BCUT2D eigenvalue weighted by molar-refractivity contribution is 0.250. The van der Waals surface area contributed by atoms with E-state index < -0.39 is 0 Å². The number of piperazine rings is 1. The summed E-state index contributed by atoms with van der Waals surface area (Å²) < 4.78 is 5.80. The lowest BCUT2D eigenvalue weighted by Crippen LogP contribution is -2.46. The van der Waals surface area contributed by atoms with E-state index in [2.05, 4.69) is 69.4 Å². The highest BCUT2D eigenvalue weighted by molar-refractivity contribution is 5.98. The molecule has 3 aromatic rings. The standard InChI is InChI=1S/C22H25N3O/c1-2-26-22-21-19(11-12-23-22)9-6-10-20(21)25-15-13-24(14-16-25)17-18-7-4-3-5-8-18/h3-12H,2,13-17H2,1H3. The van der Waals surface area contributed by atoms with Gasteiger partial charge in [-0.3, -0.25) is 4.90 Å². The Morgan fingerprint density at radius 1 is 0.923 bits per heavy atom. The molecular weight excluding hydrogens is 322 g/mol. The van der Waals surface area contributed by atoms with Crippen molar-refractivity contribution in [1.29, 1.82) is 0 Å². The Kier molecular flexibility index (Phi) is 5.02. The average molecular weight is 347 g/mol. The molecule has 4 rings (SSSR count). The normalized spacial score (nSPS) is 15.3. The molecule has 1 fully saturated rings. The highest BCUT2D eigenvalue weighted by Gasteiger charge is 2.20. The zero-order chi connectivity index (χ0) is 17.8. The summed E-state index contributed by atoms with van der Waals surface area (Å²) in [5.41, 5.74) is 2.62. The van der Waals surface area contributed by atoms with Crippen LogP contribution in [0.15, 0.2) is 60.8 Å². The molecular formula is C22H25N3O. The largest absolute Gasteiger partial charge is 0.477 e. The molecule has 0 spiro atoms. The summed E-state index contributed by atoms with van der Waals surface area (Å²) >= 11 is 0. The van der Waals surface area contributed by atoms with Crippen molar-refractivity contribution in [1.82, 2.24) is 9.88 Å². The molecule has 2 heterocycles. The minimum atomic E-state index is 0.630. The van der Waals surface area contributed by atoms with Crippen LogP contribution in [-0.4, -0.2) is 42.7 Å². The maximum Gasteiger partial charge on any atom is 0.223 e. The first-order valence-electron chi connectivity index (χ1n) is 9.37. The van der Waals surface area contributed by atoms with Crippen molar-refractivity contribution >= 4 is 16.5 Å². The summed E-state index contributed by atoms with van der Waals surface area (Å²) in [5.74, 6) is 0.743. The van der Waals surface area contributed by atoms with Crippen LogP contribution in [0.25, 0.3) is 10.8 Å². The van der Waals surface area contributed by atoms with Crippen LogP contribution in [0.1, 0.15) is 12.5 Å². The van der Waals surface area contributed by atoms with E-state index in [0.717, 1.165) is 44.0 Å². The second kappa shape index (κ2) is 7.75. The van der Waals surface area contributed by atoms with Crippen LogP contribution >= 0.6 is 0 Å². The molecule has 0 unspecified atom stereocenters. The molecule has 1 aromatic heterocycles. The average Bonchev–Trinajstić information content (AvgIpc) is 2.69. The number of hydrogen-bond donors (Lipinski definition) is 0. The molecule has 1 saturated heterocycles. The lowest BCUT2D eigenvalue weighted by atomic mass is 10.1. The van der Waals surface area contributed by atoms with Gasteiger partial charge in [0, 0.05) is 38.9 Å². The first-order chi connectivity index (χ1) is 12.8. The van der Waals surface area contributed by atoms with E-state index >= 15 is 0 Å². The number of rotatable bonds is 5. The molecule has 1 aliphatic heterocycles. The van der Waals surface area contributed by atoms with Crippen LogP contribution in [0.5, 0.6) is 5.88 Å². The third kappa shape index (κ3) is 3.51. The Balaban J connectivity index is 1.52. The summed E-state index contributed by atoms with van der Waals surface area (Å²) in [6.45, 7) is 7.83. The van der Waals surface area contributed by atoms with E-state index in [-0.39, 0.29) is 0 Å². The van der Waals surface area contributed by atoms with Gasteiger partial charge in [-0.25, -0.2) is 4.98 Å². The van der Waals surface area contributed by atoms with Crippen LogP contribution < -0.4 is 9.64 Å². The highest BCUT2D eigenvalue weighted by atomic mass is 16.5. The topological polar surface area (TPSA) is 28.6 Å². The van der Waals surface area contributed by atoms with Gasteiger partial charge in [0.1, 0.15) is 0 Å². The molecule has 0 saturated carbocycles. The SMILES string of the molecule is CCOc1nccc2cccc(N3CCN(Cc4ccccc4)CC3)c12. The Morgan fingerprint density at radius 3 is 2.50 bits per heavy atom. The lowest BCUT2D eigenvalue weighted by Gasteiger charge is -2.36. The molecule has 0 aliphatic carbocycles. The summed E-state index contributed by atoms with van der Waals surface area (Å²) in [4.78, 5) is 9.46. The van der Waals surface area contributed by atoms with E-state index in [4.69, 9.17) is 4.74 Å². The van der Waals surface area contributed by atoms with Crippen LogP contribution in [0.2, 0.25) is 0 Å². The second-order valence-corrected chi connectivity index (χ2v) is 6.67. The molecule has 0 bridgehead atoms. The van der Waals surface area contributed by atoms with Gasteiger partial charge in [-0.05, 0) is 30.0 Å². The highest BCUT2D eigenvalue weighted by Crippen LogP contribution is 2.33. The fourth-order valence-electron chi connectivity index (χ4n) is 3.68. The Morgan fingerprint density at radius 2 is 1.73 bits per heavy atom. The number of aromatic nitrogens is 1. The molecule has 0 atom stereocenters. The Bertz CT molecular complexity index is 852. The summed E-state index contributed by atoms with van der Waals surface area (Å²) in [7, 11) is 0. The molecule has 4 nitrogen and oxygen atoms in total. The van der Waals surface area contributed by atoms with Gasteiger partial charge in [0.2, 0.25) is 5.88 Å². The zero-order valence-electron chi connectivity index (χ0n) is 15.3. The first kappa shape index (κ1) is 16.9. The van der Waals surface area contributed by atoms with Crippen molar-refractivity contribution in [3.63, 3.8) is 0 Å². The number of fused-ring (bicyclic) bond motifs is 1. The Hall–Kier alpha value is -2.59. The predicted octanol–water partition coefficient (Wildman–Crippen LogP) is 3.96. The van der Waals surface area contributed by atoms with E-state index in [0.29, 0.717) is 6.61 Å². The van der Waals surface area contributed by atoms with Gasteiger partial charge in [-0.2, -0.15) is 0 Å². The third-order valence-corrected chi connectivity index (χ3v) is 4.98. The summed E-state index contributed by atoms with van der Waals surface area (Å²) in [5, 5.41) is 2.32. The van der Waals surface area contributed by atoms with Gasteiger partial charge < -0.3 is 9.64 Å². The third-order valence-electron chi connectivity index (χ3n) is 4.98. The molecule has 26 heavy (non-hydrogen) atoms. The van der Waals surface area contributed by atoms with Gasteiger partial charge in [0.05, 0.1) is 17.7 Å². The van der Waals surface area contributed by atoms with E-state index in [1.807, 2.05) is 13.1 Å². The van der Waals surface area contributed by atoms with Gasteiger partial charge >= 0.3 is 0 Å². The van der Waals surface area contributed by atoms with Crippen molar-refractivity contribution in [2.75, 3.05) is 37.7 Å². The van der Waals surface area contributed by atoms with Crippen LogP contribution in [-0.2, 0) is 6.54 Å². The fraction of sp³-hybridized carbons (Fsp3) is 0.318. The molecule has 134 valence electrons. The van der Waals surface area contributed by atoms with E-state index in [1.54, 1.807) is 0 Å². The van der Waals surface area contributed by atoms with Gasteiger partial charge in [0.25, 0.3) is 0 Å². The predicted molar refractivity (Wildman–Crippen MR) is 107 cm³/mol. The maximum absolute atomic E-state index is 5.80. The quantitative estimate of drug-likeness (QED) is 0.699. The number of pyridine rings is 1. The van der Waals surface area contributed by atoms with E-state index in [9.17, 15) is 0 Å². The van der Waals surface area contributed by atoms with Crippen molar-refractivity contribution in [3.05, 3.63) is 66.4 Å². The Labute approximate surface area is 155 Å².